The van der Waals surface area contributed by atoms with Gasteiger partial charge in [0.05, 0.1) is 11.7 Å². The molecule has 1 unspecified atom stereocenters. The van der Waals surface area contributed by atoms with Crippen molar-refractivity contribution < 1.29 is 4.39 Å². The molecule has 1 aliphatic carbocycles. The van der Waals surface area contributed by atoms with Crippen LogP contribution in [0.1, 0.15) is 35.0 Å². The molecule has 1 aromatic heterocycles. The highest BCUT2D eigenvalue weighted by molar-refractivity contribution is 7.15. The zero-order valence-corrected chi connectivity index (χ0v) is 12.0. The van der Waals surface area contributed by atoms with Gasteiger partial charge in [0.15, 0.2) is 0 Å². The Balaban J connectivity index is 2.02. The maximum atomic E-state index is 13.7. The van der Waals surface area contributed by atoms with Crippen molar-refractivity contribution in [3.05, 3.63) is 40.2 Å². The normalized spacial score (nSPS) is 18.4. The van der Waals surface area contributed by atoms with Gasteiger partial charge in [-0.1, -0.05) is 12.1 Å². The van der Waals surface area contributed by atoms with Crippen LogP contribution in [-0.2, 0) is 6.42 Å². The van der Waals surface area contributed by atoms with Crippen LogP contribution in [0.25, 0.3) is 10.6 Å². The molecule has 4 heteroatoms. The minimum atomic E-state index is -0.157. The summed E-state index contributed by atoms with van der Waals surface area (Å²) in [5.74, 6) is -0.157. The highest BCUT2D eigenvalue weighted by atomic mass is 32.1. The lowest BCUT2D eigenvalue weighted by atomic mass is 9.98. The number of thiazole rings is 1. The Kier molecular flexibility index (Phi) is 3.37. The van der Waals surface area contributed by atoms with Gasteiger partial charge in [0.25, 0.3) is 0 Å². The third-order valence-electron chi connectivity index (χ3n) is 3.72. The summed E-state index contributed by atoms with van der Waals surface area (Å²) in [5, 5.41) is 4.25. The smallest absolute Gasteiger partial charge is 0.126 e. The molecule has 0 aliphatic heterocycles. The lowest BCUT2D eigenvalue weighted by Crippen LogP contribution is -2.21. The molecule has 3 rings (SSSR count). The Morgan fingerprint density at radius 3 is 3.00 bits per heavy atom. The summed E-state index contributed by atoms with van der Waals surface area (Å²) in [7, 11) is 1.98. The van der Waals surface area contributed by atoms with E-state index in [0.29, 0.717) is 11.6 Å². The number of aromatic nitrogens is 1. The van der Waals surface area contributed by atoms with Crippen LogP contribution in [-0.4, -0.2) is 12.0 Å². The van der Waals surface area contributed by atoms with E-state index in [1.807, 2.05) is 19.2 Å². The van der Waals surface area contributed by atoms with Gasteiger partial charge in [0.2, 0.25) is 0 Å². The zero-order chi connectivity index (χ0) is 13.4. The Morgan fingerprint density at radius 2 is 2.26 bits per heavy atom. The van der Waals surface area contributed by atoms with E-state index < -0.39 is 0 Å². The van der Waals surface area contributed by atoms with Gasteiger partial charge in [0.1, 0.15) is 10.8 Å². The summed E-state index contributed by atoms with van der Waals surface area (Å²) < 4.78 is 13.7. The molecule has 1 aliphatic rings. The molecule has 0 saturated heterocycles. The highest BCUT2D eigenvalue weighted by Crippen LogP contribution is 2.37. The van der Waals surface area contributed by atoms with E-state index in [1.165, 1.54) is 11.3 Å². The molecule has 0 bridgehead atoms. The third kappa shape index (κ3) is 2.30. The van der Waals surface area contributed by atoms with Gasteiger partial charge in [-0.25, -0.2) is 9.37 Å². The Labute approximate surface area is 116 Å². The van der Waals surface area contributed by atoms with Crippen LogP contribution in [0.3, 0.4) is 0 Å². The summed E-state index contributed by atoms with van der Waals surface area (Å²) in [5.41, 5.74) is 2.73. The number of hydrogen-bond donors (Lipinski definition) is 1. The topological polar surface area (TPSA) is 24.9 Å². The fraction of sp³-hybridized carbons (Fsp3) is 0.400. The molecule has 19 heavy (non-hydrogen) atoms. The maximum Gasteiger partial charge on any atom is 0.126 e. The first kappa shape index (κ1) is 12.8. The summed E-state index contributed by atoms with van der Waals surface area (Å²) >= 11 is 1.70. The summed E-state index contributed by atoms with van der Waals surface area (Å²) in [6.07, 6.45) is 3.43. The van der Waals surface area contributed by atoms with Crippen LogP contribution in [0.15, 0.2) is 18.2 Å². The molecule has 0 amide bonds. The van der Waals surface area contributed by atoms with Gasteiger partial charge in [-0.15, -0.1) is 11.3 Å². The number of halogens is 1. The number of aryl methyl sites for hydroxylation is 2. The quantitative estimate of drug-likeness (QED) is 0.901. The van der Waals surface area contributed by atoms with Gasteiger partial charge in [-0.05, 0) is 44.9 Å². The van der Waals surface area contributed by atoms with Gasteiger partial charge < -0.3 is 5.32 Å². The molecule has 0 fully saturated rings. The number of nitrogens with zero attached hydrogens (tertiary/aromatic N) is 1. The second-order valence-electron chi connectivity index (χ2n) is 5.02. The van der Waals surface area contributed by atoms with Gasteiger partial charge >= 0.3 is 0 Å². The van der Waals surface area contributed by atoms with E-state index in [9.17, 15) is 4.39 Å². The van der Waals surface area contributed by atoms with Gasteiger partial charge in [-0.2, -0.15) is 0 Å². The fourth-order valence-corrected chi connectivity index (χ4v) is 3.71. The zero-order valence-electron chi connectivity index (χ0n) is 11.2. The van der Waals surface area contributed by atoms with Crippen molar-refractivity contribution in [3.8, 4) is 10.6 Å². The second kappa shape index (κ2) is 5.02. The van der Waals surface area contributed by atoms with Crippen LogP contribution in [0, 0.1) is 12.7 Å². The van der Waals surface area contributed by atoms with Crippen molar-refractivity contribution in [2.24, 2.45) is 0 Å². The van der Waals surface area contributed by atoms with E-state index in [4.69, 9.17) is 4.98 Å². The molecule has 0 spiro atoms. The largest absolute Gasteiger partial charge is 0.312 e. The summed E-state index contributed by atoms with van der Waals surface area (Å²) in [4.78, 5) is 6.08. The molecule has 1 N–H and O–H groups in total. The van der Waals surface area contributed by atoms with Crippen LogP contribution in [0.2, 0.25) is 0 Å². The standard InChI is InChI=1S/C15H17FN2S/c1-9-6-7-10(8-11(9)16)15-18-14-12(17-2)4-3-5-13(14)19-15/h6-8,12,17H,3-5H2,1-2H3. The van der Waals surface area contributed by atoms with E-state index >= 15 is 0 Å². The van der Waals surface area contributed by atoms with Crippen LogP contribution >= 0.6 is 11.3 Å². The molecule has 2 aromatic rings. The van der Waals surface area contributed by atoms with Crippen molar-refractivity contribution in [3.63, 3.8) is 0 Å². The molecule has 1 atom stereocenters. The minimum absolute atomic E-state index is 0.157. The molecule has 2 nitrogen and oxygen atoms in total. The highest BCUT2D eigenvalue weighted by Gasteiger charge is 2.23. The van der Waals surface area contributed by atoms with Crippen molar-refractivity contribution in [2.45, 2.75) is 32.2 Å². The first-order chi connectivity index (χ1) is 9.19. The molecule has 100 valence electrons. The Morgan fingerprint density at radius 1 is 1.42 bits per heavy atom. The minimum Gasteiger partial charge on any atom is -0.312 e. The van der Waals surface area contributed by atoms with Crippen LogP contribution in [0.5, 0.6) is 0 Å². The number of benzene rings is 1. The average Bonchev–Trinajstić information content (AvgIpc) is 2.85. The number of hydrogen-bond acceptors (Lipinski definition) is 3. The fourth-order valence-electron chi connectivity index (χ4n) is 2.55. The average molecular weight is 276 g/mol. The molecule has 0 saturated carbocycles. The first-order valence-corrected chi connectivity index (χ1v) is 7.44. The van der Waals surface area contributed by atoms with E-state index in [1.54, 1.807) is 24.3 Å². The van der Waals surface area contributed by atoms with Gasteiger partial charge in [0, 0.05) is 10.4 Å². The molecule has 1 heterocycles. The number of rotatable bonds is 2. The van der Waals surface area contributed by atoms with Crippen LogP contribution < -0.4 is 5.32 Å². The van der Waals surface area contributed by atoms with E-state index in [2.05, 4.69) is 5.32 Å². The predicted octanol–water partition coefficient (Wildman–Crippen LogP) is 3.85. The van der Waals surface area contributed by atoms with Crippen LogP contribution in [0.4, 0.5) is 4.39 Å². The van der Waals surface area contributed by atoms with Crippen molar-refractivity contribution in [2.75, 3.05) is 7.05 Å². The summed E-state index contributed by atoms with van der Waals surface area (Å²) in [6.45, 7) is 1.78. The maximum absolute atomic E-state index is 13.7. The van der Waals surface area contributed by atoms with Crippen molar-refractivity contribution >= 4 is 11.3 Å². The Hall–Kier alpha value is -1.26. The number of fused-ring (bicyclic) bond motifs is 1. The monoisotopic (exact) mass is 276 g/mol. The lowest BCUT2D eigenvalue weighted by Gasteiger charge is -2.19. The molecular weight excluding hydrogens is 259 g/mol. The SMILES string of the molecule is CNC1CCCc2sc(-c3ccc(C)c(F)c3)nc21. The lowest BCUT2D eigenvalue weighted by molar-refractivity contribution is 0.490. The van der Waals surface area contributed by atoms with Crippen molar-refractivity contribution in [1.29, 1.82) is 0 Å². The Bertz CT molecular complexity index is 606. The third-order valence-corrected chi connectivity index (χ3v) is 4.90. The summed E-state index contributed by atoms with van der Waals surface area (Å²) in [6, 6.07) is 5.72. The second-order valence-corrected chi connectivity index (χ2v) is 6.11. The van der Waals surface area contributed by atoms with E-state index in [0.717, 1.165) is 29.1 Å². The number of nitrogens with one attached hydrogen (secondary N) is 1. The molecular formula is C15H17FN2S. The first-order valence-electron chi connectivity index (χ1n) is 6.62. The van der Waals surface area contributed by atoms with Crippen molar-refractivity contribution in [1.82, 2.24) is 10.3 Å². The van der Waals surface area contributed by atoms with Gasteiger partial charge in [-0.3, -0.25) is 0 Å². The predicted molar refractivity (Wildman–Crippen MR) is 77.0 cm³/mol. The van der Waals surface area contributed by atoms with E-state index in [-0.39, 0.29) is 5.82 Å². The molecule has 0 radical (unpaired) electrons. The molecule has 1 aromatic carbocycles.